The SMILES string of the molecule is O=C(NC(Cc1ccccc1)C(=O)NC1CCN(C(=O)NC2CCCCC2)CC1)c1cccs1. The Labute approximate surface area is 205 Å². The van der Waals surface area contributed by atoms with Crippen LogP contribution in [0.5, 0.6) is 0 Å². The largest absolute Gasteiger partial charge is 0.351 e. The number of urea groups is 1. The zero-order chi connectivity index (χ0) is 23.8. The lowest BCUT2D eigenvalue weighted by molar-refractivity contribution is -0.123. The fourth-order valence-corrected chi connectivity index (χ4v) is 5.36. The highest BCUT2D eigenvalue weighted by atomic mass is 32.1. The smallest absolute Gasteiger partial charge is 0.317 e. The fraction of sp³-hybridized carbons (Fsp3) is 0.500. The van der Waals surface area contributed by atoms with Gasteiger partial charge in [0.1, 0.15) is 6.04 Å². The molecular weight excluding hydrogens is 448 g/mol. The number of amides is 4. The molecule has 34 heavy (non-hydrogen) atoms. The third-order valence-corrected chi connectivity index (χ3v) is 7.58. The number of carbonyl (C=O) groups excluding carboxylic acids is 3. The Morgan fingerprint density at radius 3 is 2.26 bits per heavy atom. The maximum Gasteiger partial charge on any atom is 0.317 e. The number of nitrogens with zero attached hydrogens (tertiary/aromatic N) is 1. The highest BCUT2D eigenvalue weighted by Crippen LogP contribution is 2.18. The summed E-state index contributed by atoms with van der Waals surface area (Å²) in [7, 11) is 0. The second-order valence-corrected chi connectivity index (χ2v) is 10.2. The number of thiophene rings is 1. The minimum Gasteiger partial charge on any atom is -0.351 e. The van der Waals surface area contributed by atoms with Gasteiger partial charge >= 0.3 is 6.03 Å². The molecule has 1 aromatic carbocycles. The van der Waals surface area contributed by atoms with Gasteiger partial charge in [-0.3, -0.25) is 9.59 Å². The molecule has 0 radical (unpaired) electrons. The molecule has 2 fully saturated rings. The van der Waals surface area contributed by atoms with E-state index in [1.165, 1.54) is 30.6 Å². The molecule has 4 rings (SSSR count). The van der Waals surface area contributed by atoms with Crippen LogP contribution in [-0.2, 0) is 11.2 Å². The molecule has 182 valence electrons. The van der Waals surface area contributed by atoms with Crippen molar-refractivity contribution in [2.24, 2.45) is 0 Å². The lowest BCUT2D eigenvalue weighted by Gasteiger charge is -2.34. The number of rotatable bonds is 7. The number of hydrogen-bond acceptors (Lipinski definition) is 4. The quantitative estimate of drug-likeness (QED) is 0.562. The summed E-state index contributed by atoms with van der Waals surface area (Å²) in [5.74, 6) is -0.417. The Morgan fingerprint density at radius 2 is 1.59 bits per heavy atom. The van der Waals surface area contributed by atoms with Crippen LogP contribution in [0.2, 0.25) is 0 Å². The van der Waals surface area contributed by atoms with Crippen LogP contribution in [0.1, 0.15) is 60.2 Å². The molecule has 0 bridgehead atoms. The van der Waals surface area contributed by atoms with Crippen molar-refractivity contribution in [1.82, 2.24) is 20.9 Å². The molecule has 1 aliphatic carbocycles. The summed E-state index contributed by atoms with van der Waals surface area (Å²) in [5, 5.41) is 11.1. The molecule has 1 unspecified atom stereocenters. The highest BCUT2D eigenvalue weighted by molar-refractivity contribution is 7.12. The predicted octanol–water partition coefficient (Wildman–Crippen LogP) is 3.71. The lowest BCUT2D eigenvalue weighted by Crippen LogP contribution is -2.54. The third kappa shape index (κ3) is 6.82. The summed E-state index contributed by atoms with van der Waals surface area (Å²) >= 11 is 1.35. The first-order valence-corrected chi connectivity index (χ1v) is 13.2. The van der Waals surface area contributed by atoms with E-state index in [-0.39, 0.29) is 23.9 Å². The number of hydrogen-bond donors (Lipinski definition) is 3. The highest BCUT2D eigenvalue weighted by Gasteiger charge is 2.29. The molecule has 2 heterocycles. The molecule has 1 aliphatic heterocycles. The molecular formula is C26H34N4O3S. The Balaban J connectivity index is 1.30. The molecule has 4 amide bonds. The van der Waals surface area contributed by atoms with Gasteiger partial charge < -0.3 is 20.9 Å². The zero-order valence-electron chi connectivity index (χ0n) is 19.5. The van der Waals surface area contributed by atoms with Gasteiger partial charge in [0.15, 0.2) is 0 Å². The van der Waals surface area contributed by atoms with Gasteiger partial charge in [0.25, 0.3) is 5.91 Å². The Bertz CT molecular complexity index is 936. The van der Waals surface area contributed by atoms with Crippen LogP contribution in [0.25, 0.3) is 0 Å². The fourth-order valence-electron chi connectivity index (χ4n) is 4.74. The van der Waals surface area contributed by atoms with Crippen LogP contribution in [0.3, 0.4) is 0 Å². The minimum absolute atomic E-state index is 0.0110. The zero-order valence-corrected chi connectivity index (χ0v) is 20.3. The van der Waals surface area contributed by atoms with Crippen molar-refractivity contribution in [1.29, 1.82) is 0 Å². The second kappa shape index (κ2) is 12.0. The number of piperidine rings is 1. The maximum absolute atomic E-state index is 13.2. The Kier molecular flexibility index (Phi) is 8.57. The lowest BCUT2D eigenvalue weighted by atomic mass is 9.95. The molecule has 7 nitrogen and oxygen atoms in total. The van der Waals surface area contributed by atoms with Gasteiger partial charge in [-0.05, 0) is 42.7 Å². The van der Waals surface area contributed by atoms with E-state index in [9.17, 15) is 14.4 Å². The van der Waals surface area contributed by atoms with Crippen LogP contribution in [0, 0.1) is 0 Å². The molecule has 0 spiro atoms. The maximum atomic E-state index is 13.2. The van der Waals surface area contributed by atoms with Gasteiger partial charge in [-0.15, -0.1) is 11.3 Å². The van der Waals surface area contributed by atoms with Crippen LogP contribution < -0.4 is 16.0 Å². The van der Waals surface area contributed by atoms with Crippen molar-refractivity contribution >= 4 is 29.2 Å². The van der Waals surface area contributed by atoms with Gasteiger partial charge in [-0.1, -0.05) is 55.7 Å². The van der Waals surface area contributed by atoms with Crippen molar-refractivity contribution in [2.45, 2.75) is 69.5 Å². The summed E-state index contributed by atoms with van der Waals surface area (Å²) in [6, 6.07) is 12.9. The van der Waals surface area contributed by atoms with Crippen molar-refractivity contribution in [3.63, 3.8) is 0 Å². The predicted molar refractivity (Wildman–Crippen MR) is 134 cm³/mol. The molecule has 3 N–H and O–H groups in total. The Morgan fingerprint density at radius 1 is 0.882 bits per heavy atom. The van der Waals surface area contributed by atoms with E-state index in [0.717, 1.165) is 18.4 Å². The van der Waals surface area contributed by atoms with Crippen LogP contribution >= 0.6 is 11.3 Å². The first-order chi connectivity index (χ1) is 16.6. The van der Waals surface area contributed by atoms with Gasteiger partial charge in [0.2, 0.25) is 5.91 Å². The normalized spacial score (nSPS) is 18.2. The average Bonchev–Trinajstić information content (AvgIpc) is 3.41. The summed E-state index contributed by atoms with van der Waals surface area (Å²) in [5.41, 5.74) is 0.989. The van der Waals surface area contributed by atoms with E-state index in [4.69, 9.17) is 0 Å². The van der Waals surface area contributed by atoms with Crippen LogP contribution in [0.4, 0.5) is 4.79 Å². The van der Waals surface area contributed by atoms with E-state index in [2.05, 4.69) is 16.0 Å². The first-order valence-electron chi connectivity index (χ1n) is 12.3. The number of benzene rings is 1. The number of nitrogens with one attached hydrogen (secondary N) is 3. The van der Waals surface area contributed by atoms with Gasteiger partial charge in [-0.25, -0.2) is 4.79 Å². The molecule has 1 atom stereocenters. The van der Waals surface area contributed by atoms with E-state index < -0.39 is 6.04 Å². The first kappa shape index (κ1) is 24.3. The van der Waals surface area contributed by atoms with Gasteiger partial charge in [0, 0.05) is 31.6 Å². The second-order valence-electron chi connectivity index (χ2n) is 9.25. The van der Waals surface area contributed by atoms with E-state index in [1.54, 1.807) is 6.07 Å². The van der Waals surface area contributed by atoms with Crippen molar-refractivity contribution in [3.8, 4) is 0 Å². The van der Waals surface area contributed by atoms with E-state index in [1.807, 2.05) is 46.7 Å². The standard InChI is InChI=1S/C26H34N4O3S/c31-24(22(18-19-8-3-1-4-9-19)29-25(32)23-12-7-17-34-23)27-21-13-15-30(16-14-21)26(33)28-20-10-5-2-6-11-20/h1,3-4,7-9,12,17,20-22H,2,5-6,10-11,13-16,18H2,(H,27,31)(H,28,33)(H,29,32). The minimum atomic E-state index is -0.662. The molecule has 2 aromatic rings. The molecule has 1 aromatic heterocycles. The molecule has 2 aliphatic rings. The van der Waals surface area contributed by atoms with E-state index >= 15 is 0 Å². The van der Waals surface area contributed by atoms with Crippen LogP contribution in [-0.4, -0.2) is 54.0 Å². The molecule has 1 saturated heterocycles. The van der Waals surface area contributed by atoms with Crippen molar-refractivity contribution < 1.29 is 14.4 Å². The molecule has 8 heteroatoms. The van der Waals surface area contributed by atoms with Gasteiger partial charge in [0.05, 0.1) is 4.88 Å². The Hall–Kier alpha value is -2.87. The topological polar surface area (TPSA) is 90.5 Å². The van der Waals surface area contributed by atoms with Gasteiger partial charge in [-0.2, -0.15) is 0 Å². The van der Waals surface area contributed by atoms with E-state index in [0.29, 0.717) is 43.3 Å². The number of likely N-dealkylation sites (tertiary alicyclic amines) is 1. The monoisotopic (exact) mass is 482 g/mol. The average molecular weight is 483 g/mol. The third-order valence-electron chi connectivity index (χ3n) is 6.71. The summed E-state index contributed by atoms with van der Waals surface area (Å²) in [4.78, 5) is 40.9. The summed E-state index contributed by atoms with van der Waals surface area (Å²) in [6.07, 6.45) is 7.61. The summed E-state index contributed by atoms with van der Waals surface area (Å²) in [6.45, 7) is 1.24. The molecule has 1 saturated carbocycles. The number of carbonyl (C=O) groups is 3. The van der Waals surface area contributed by atoms with Crippen molar-refractivity contribution in [3.05, 3.63) is 58.3 Å². The summed E-state index contributed by atoms with van der Waals surface area (Å²) < 4.78 is 0. The van der Waals surface area contributed by atoms with Crippen LogP contribution in [0.15, 0.2) is 47.8 Å². The van der Waals surface area contributed by atoms with Crippen molar-refractivity contribution in [2.75, 3.05) is 13.1 Å².